The van der Waals surface area contributed by atoms with Gasteiger partial charge >= 0.3 is 0 Å². The number of hydrogen-bond acceptors (Lipinski definition) is 3. The van der Waals surface area contributed by atoms with Crippen molar-refractivity contribution in [3.63, 3.8) is 0 Å². The first kappa shape index (κ1) is 12.5. The lowest BCUT2D eigenvalue weighted by molar-refractivity contribution is 0.194. The summed E-state index contributed by atoms with van der Waals surface area (Å²) in [5.41, 5.74) is 0. The van der Waals surface area contributed by atoms with Gasteiger partial charge in [0.2, 0.25) is 0 Å². The van der Waals surface area contributed by atoms with Crippen LogP contribution in [-0.2, 0) is 11.3 Å². The summed E-state index contributed by atoms with van der Waals surface area (Å²) in [7, 11) is 1.72. The smallest absolute Gasteiger partial charge is 0.107 e. The topological polar surface area (TPSA) is 21.3 Å². The van der Waals surface area contributed by atoms with E-state index in [1.165, 1.54) is 4.88 Å². The van der Waals surface area contributed by atoms with Crippen LogP contribution in [0.2, 0.25) is 4.34 Å². The van der Waals surface area contributed by atoms with Crippen molar-refractivity contribution in [3.05, 3.63) is 19.8 Å². The number of rotatable bonds is 6. The Morgan fingerprint density at radius 3 is 3.00 bits per heavy atom. The normalized spacial score (nSPS) is 10.8. The van der Waals surface area contributed by atoms with E-state index in [1.807, 2.05) is 0 Å². The number of hydrogen-bond donors (Lipinski definition) is 1. The zero-order chi connectivity index (χ0) is 10.4. The van der Waals surface area contributed by atoms with Crippen molar-refractivity contribution in [1.82, 2.24) is 5.32 Å². The van der Waals surface area contributed by atoms with E-state index < -0.39 is 0 Å². The van der Waals surface area contributed by atoms with Crippen LogP contribution in [0.4, 0.5) is 0 Å². The predicted octanol–water partition coefficient (Wildman–Crippen LogP) is 3.29. The summed E-state index contributed by atoms with van der Waals surface area (Å²) < 4.78 is 6.75. The van der Waals surface area contributed by atoms with Crippen LogP contribution in [0.1, 0.15) is 11.3 Å². The van der Waals surface area contributed by atoms with Crippen LogP contribution in [0, 0.1) is 0 Å². The quantitative estimate of drug-likeness (QED) is 0.814. The van der Waals surface area contributed by atoms with Crippen LogP contribution in [-0.4, -0.2) is 20.3 Å². The minimum atomic E-state index is 0.807. The van der Waals surface area contributed by atoms with Crippen molar-refractivity contribution in [3.8, 4) is 0 Å². The molecule has 0 fully saturated rings. The summed E-state index contributed by atoms with van der Waals surface area (Å²) in [5, 5.41) is 3.33. The minimum Gasteiger partial charge on any atom is -0.385 e. The molecule has 1 aromatic rings. The molecule has 0 aliphatic rings. The van der Waals surface area contributed by atoms with E-state index >= 15 is 0 Å². The van der Waals surface area contributed by atoms with Crippen molar-refractivity contribution >= 4 is 38.9 Å². The second-order valence-electron chi connectivity index (χ2n) is 2.86. The average Bonchev–Trinajstić information content (AvgIpc) is 2.46. The third-order valence-corrected chi connectivity index (χ3v) is 4.17. The Hall–Kier alpha value is 0.390. The Bertz CT molecular complexity index is 260. The van der Waals surface area contributed by atoms with Gasteiger partial charge in [-0.3, -0.25) is 0 Å². The van der Waals surface area contributed by atoms with E-state index in [9.17, 15) is 0 Å². The van der Waals surface area contributed by atoms with E-state index in [0.717, 1.165) is 34.9 Å². The molecule has 2 nitrogen and oxygen atoms in total. The molecule has 0 bridgehead atoms. The third-order valence-electron chi connectivity index (χ3n) is 1.70. The Morgan fingerprint density at radius 2 is 2.43 bits per heavy atom. The fourth-order valence-electron chi connectivity index (χ4n) is 1.03. The van der Waals surface area contributed by atoms with Gasteiger partial charge in [-0.15, -0.1) is 11.3 Å². The summed E-state index contributed by atoms with van der Waals surface area (Å²) in [6.45, 7) is 2.66. The molecule has 0 radical (unpaired) electrons. The van der Waals surface area contributed by atoms with Gasteiger partial charge in [0.1, 0.15) is 4.34 Å². The van der Waals surface area contributed by atoms with Crippen molar-refractivity contribution in [1.29, 1.82) is 0 Å². The van der Waals surface area contributed by atoms with E-state index in [1.54, 1.807) is 18.4 Å². The summed E-state index contributed by atoms with van der Waals surface area (Å²) in [5.74, 6) is 0. The molecule has 0 amide bonds. The molecule has 0 aromatic carbocycles. The van der Waals surface area contributed by atoms with Crippen LogP contribution in [0.3, 0.4) is 0 Å². The molecule has 1 rings (SSSR count). The number of nitrogens with one attached hydrogen (secondary N) is 1. The van der Waals surface area contributed by atoms with Gasteiger partial charge in [0.15, 0.2) is 0 Å². The fourth-order valence-corrected chi connectivity index (χ4v) is 2.79. The van der Waals surface area contributed by atoms with Gasteiger partial charge in [-0.05, 0) is 35.0 Å². The maximum Gasteiger partial charge on any atom is 0.107 e. The largest absolute Gasteiger partial charge is 0.385 e. The fraction of sp³-hybridized carbons (Fsp3) is 0.556. The monoisotopic (exact) mass is 297 g/mol. The SMILES string of the molecule is COCCCNCc1cc(Br)c(Cl)s1. The van der Waals surface area contributed by atoms with Crippen LogP contribution in [0.5, 0.6) is 0 Å². The summed E-state index contributed by atoms with van der Waals surface area (Å²) >= 11 is 10.9. The third kappa shape index (κ3) is 4.28. The summed E-state index contributed by atoms with van der Waals surface area (Å²) in [6.07, 6.45) is 1.04. The highest BCUT2D eigenvalue weighted by Gasteiger charge is 2.03. The second-order valence-corrected chi connectivity index (χ2v) is 5.45. The van der Waals surface area contributed by atoms with E-state index in [-0.39, 0.29) is 0 Å². The van der Waals surface area contributed by atoms with Gasteiger partial charge in [-0.25, -0.2) is 0 Å². The molecule has 1 heterocycles. The molecule has 0 atom stereocenters. The molecular formula is C9H13BrClNOS. The average molecular weight is 299 g/mol. The highest BCUT2D eigenvalue weighted by molar-refractivity contribution is 9.10. The number of ether oxygens (including phenoxy) is 1. The molecule has 14 heavy (non-hydrogen) atoms. The molecule has 1 N–H and O–H groups in total. The standard InChI is InChI=1S/C9H13BrClNOS/c1-13-4-2-3-12-6-7-5-8(10)9(11)14-7/h5,12H,2-4,6H2,1H3. The molecule has 80 valence electrons. The van der Waals surface area contributed by atoms with Gasteiger partial charge in [0, 0.05) is 29.6 Å². The summed E-state index contributed by atoms with van der Waals surface area (Å²) in [4.78, 5) is 1.25. The van der Waals surface area contributed by atoms with Crippen molar-refractivity contribution in [2.75, 3.05) is 20.3 Å². The lowest BCUT2D eigenvalue weighted by Gasteiger charge is -2.01. The Morgan fingerprint density at radius 1 is 1.64 bits per heavy atom. The molecule has 0 spiro atoms. The first-order chi connectivity index (χ1) is 6.74. The van der Waals surface area contributed by atoms with Crippen LogP contribution in [0.15, 0.2) is 10.5 Å². The number of thiophene rings is 1. The summed E-state index contributed by atoms with van der Waals surface area (Å²) in [6, 6.07) is 2.05. The zero-order valence-electron chi connectivity index (χ0n) is 7.98. The highest BCUT2D eigenvalue weighted by Crippen LogP contribution is 2.31. The lowest BCUT2D eigenvalue weighted by Crippen LogP contribution is -2.15. The molecule has 0 unspecified atom stereocenters. The van der Waals surface area contributed by atoms with Crippen LogP contribution in [0.25, 0.3) is 0 Å². The van der Waals surface area contributed by atoms with Crippen LogP contribution < -0.4 is 5.32 Å². The van der Waals surface area contributed by atoms with Crippen molar-refractivity contribution < 1.29 is 4.74 Å². The Kier molecular flexibility index (Phi) is 6.05. The Labute approximate surface area is 102 Å². The predicted molar refractivity (Wildman–Crippen MR) is 65.2 cm³/mol. The number of halogens is 2. The maximum atomic E-state index is 5.92. The highest BCUT2D eigenvalue weighted by atomic mass is 79.9. The molecule has 0 aliphatic carbocycles. The Balaban J connectivity index is 2.18. The first-order valence-corrected chi connectivity index (χ1v) is 6.36. The van der Waals surface area contributed by atoms with Gasteiger partial charge in [-0.1, -0.05) is 11.6 Å². The zero-order valence-corrected chi connectivity index (χ0v) is 11.1. The van der Waals surface area contributed by atoms with E-state index in [0.29, 0.717) is 0 Å². The molecule has 0 saturated heterocycles. The van der Waals surface area contributed by atoms with Gasteiger partial charge in [0.25, 0.3) is 0 Å². The second kappa shape index (κ2) is 6.80. The van der Waals surface area contributed by atoms with Gasteiger partial charge in [-0.2, -0.15) is 0 Å². The van der Waals surface area contributed by atoms with Gasteiger partial charge in [0.05, 0.1) is 0 Å². The molecule has 5 heteroatoms. The molecule has 0 saturated carbocycles. The first-order valence-electron chi connectivity index (χ1n) is 4.37. The van der Waals surface area contributed by atoms with Crippen molar-refractivity contribution in [2.45, 2.75) is 13.0 Å². The number of methoxy groups -OCH3 is 1. The van der Waals surface area contributed by atoms with E-state index in [4.69, 9.17) is 16.3 Å². The van der Waals surface area contributed by atoms with Gasteiger partial charge < -0.3 is 10.1 Å². The molecular weight excluding hydrogens is 286 g/mol. The van der Waals surface area contributed by atoms with Crippen LogP contribution >= 0.6 is 38.9 Å². The lowest BCUT2D eigenvalue weighted by atomic mass is 10.4. The minimum absolute atomic E-state index is 0.807. The van der Waals surface area contributed by atoms with Crippen molar-refractivity contribution in [2.24, 2.45) is 0 Å². The van der Waals surface area contributed by atoms with E-state index in [2.05, 4.69) is 27.3 Å². The molecule has 0 aliphatic heterocycles. The maximum absolute atomic E-state index is 5.92. The molecule has 1 aromatic heterocycles.